The predicted octanol–water partition coefficient (Wildman–Crippen LogP) is 2.12. The summed E-state index contributed by atoms with van der Waals surface area (Å²) in [7, 11) is -2.70. The maximum absolute atomic E-state index is 11.4. The Bertz CT molecular complexity index is 344. The zero-order valence-corrected chi connectivity index (χ0v) is 11.7. The molecule has 17 heavy (non-hydrogen) atoms. The average Bonchev–Trinajstić information content (AvgIpc) is 2.68. The van der Waals surface area contributed by atoms with Crippen LogP contribution in [0.2, 0.25) is 0 Å². The van der Waals surface area contributed by atoms with Gasteiger partial charge >= 0.3 is 0 Å². The van der Waals surface area contributed by atoms with Gasteiger partial charge in [-0.3, -0.25) is 0 Å². The predicted molar refractivity (Wildman–Crippen MR) is 70.9 cm³/mol. The van der Waals surface area contributed by atoms with Crippen molar-refractivity contribution in [2.24, 2.45) is 5.92 Å². The lowest BCUT2D eigenvalue weighted by Gasteiger charge is -2.38. The summed E-state index contributed by atoms with van der Waals surface area (Å²) >= 11 is 0. The number of piperidine rings is 1. The van der Waals surface area contributed by atoms with E-state index in [2.05, 4.69) is 12.2 Å². The first-order valence-corrected chi connectivity index (χ1v) is 8.83. The first-order valence-electron chi connectivity index (χ1n) is 7.01. The number of rotatable bonds is 4. The van der Waals surface area contributed by atoms with Crippen LogP contribution >= 0.6 is 0 Å². The highest BCUT2D eigenvalue weighted by Crippen LogP contribution is 2.32. The van der Waals surface area contributed by atoms with Crippen LogP contribution in [0.5, 0.6) is 0 Å². The molecule has 0 radical (unpaired) electrons. The van der Waals surface area contributed by atoms with Crippen LogP contribution in [-0.4, -0.2) is 32.0 Å². The van der Waals surface area contributed by atoms with E-state index < -0.39 is 9.84 Å². The third kappa shape index (κ3) is 3.44. The van der Waals surface area contributed by atoms with Gasteiger partial charge in [0.15, 0.2) is 9.84 Å². The standard InChI is InChI=1S/C13H25NO2S/c1-2-13(7-3-4-9-14-13)8-5-12-6-10-17(15,16)11-12/h12,14H,2-11H2,1H3. The third-order valence-corrected chi connectivity index (χ3v) is 6.45. The topological polar surface area (TPSA) is 46.2 Å². The van der Waals surface area contributed by atoms with Crippen molar-refractivity contribution < 1.29 is 8.42 Å². The molecule has 2 atom stereocenters. The van der Waals surface area contributed by atoms with Gasteiger partial charge in [0, 0.05) is 5.54 Å². The van der Waals surface area contributed by atoms with Gasteiger partial charge in [-0.25, -0.2) is 8.42 Å². The molecule has 4 heteroatoms. The van der Waals surface area contributed by atoms with Gasteiger partial charge in [0.05, 0.1) is 11.5 Å². The molecule has 3 nitrogen and oxygen atoms in total. The van der Waals surface area contributed by atoms with Crippen LogP contribution in [0.3, 0.4) is 0 Å². The number of nitrogens with one attached hydrogen (secondary N) is 1. The highest BCUT2D eigenvalue weighted by molar-refractivity contribution is 7.91. The van der Waals surface area contributed by atoms with Crippen molar-refractivity contribution in [3.63, 3.8) is 0 Å². The summed E-state index contributed by atoms with van der Waals surface area (Å²) in [6.07, 6.45) is 8.19. The SMILES string of the molecule is CCC1(CCC2CCS(=O)(=O)C2)CCCCN1. The van der Waals surface area contributed by atoms with Crippen LogP contribution < -0.4 is 5.32 Å². The number of hydrogen-bond acceptors (Lipinski definition) is 3. The van der Waals surface area contributed by atoms with E-state index in [-0.39, 0.29) is 0 Å². The highest BCUT2D eigenvalue weighted by Gasteiger charge is 2.33. The van der Waals surface area contributed by atoms with Crippen LogP contribution in [0, 0.1) is 5.92 Å². The molecule has 2 aliphatic rings. The lowest BCUT2D eigenvalue weighted by molar-refractivity contribution is 0.214. The second-order valence-electron chi connectivity index (χ2n) is 5.83. The van der Waals surface area contributed by atoms with Crippen LogP contribution in [0.25, 0.3) is 0 Å². The summed E-state index contributed by atoms with van der Waals surface area (Å²) in [6, 6.07) is 0. The summed E-state index contributed by atoms with van der Waals surface area (Å²) in [5, 5.41) is 3.68. The lowest BCUT2D eigenvalue weighted by Crippen LogP contribution is -2.48. The molecule has 0 aromatic rings. The highest BCUT2D eigenvalue weighted by atomic mass is 32.2. The Morgan fingerprint density at radius 1 is 1.35 bits per heavy atom. The number of sulfone groups is 1. The largest absolute Gasteiger partial charge is 0.311 e. The van der Waals surface area contributed by atoms with Gasteiger partial charge in [0.1, 0.15) is 0 Å². The van der Waals surface area contributed by atoms with Crippen LogP contribution in [0.4, 0.5) is 0 Å². The first kappa shape index (κ1) is 13.3. The fourth-order valence-electron chi connectivity index (χ4n) is 3.30. The first-order chi connectivity index (χ1) is 8.05. The Morgan fingerprint density at radius 3 is 2.71 bits per heavy atom. The van der Waals surface area contributed by atoms with Gasteiger partial charge in [0.2, 0.25) is 0 Å². The quantitative estimate of drug-likeness (QED) is 0.841. The van der Waals surface area contributed by atoms with E-state index >= 15 is 0 Å². The smallest absolute Gasteiger partial charge is 0.150 e. The van der Waals surface area contributed by atoms with Crippen molar-refractivity contribution in [2.45, 2.75) is 57.4 Å². The number of hydrogen-bond donors (Lipinski definition) is 1. The molecule has 1 N–H and O–H groups in total. The van der Waals surface area contributed by atoms with E-state index in [0.29, 0.717) is 23.0 Å². The molecule has 0 amide bonds. The van der Waals surface area contributed by atoms with Gasteiger partial charge in [-0.05, 0) is 51.0 Å². The lowest BCUT2D eigenvalue weighted by atomic mass is 9.80. The summed E-state index contributed by atoms with van der Waals surface area (Å²) < 4.78 is 22.9. The van der Waals surface area contributed by atoms with Crippen molar-refractivity contribution in [1.29, 1.82) is 0 Å². The van der Waals surface area contributed by atoms with E-state index in [9.17, 15) is 8.42 Å². The Labute approximate surface area is 105 Å². The normalized spacial score (nSPS) is 37.1. The molecule has 2 fully saturated rings. The zero-order valence-electron chi connectivity index (χ0n) is 10.9. The third-order valence-electron chi connectivity index (χ3n) is 4.62. The van der Waals surface area contributed by atoms with Crippen molar-refractivity contribution in [3.8, 4) is 0 Å². The second-order valence-corrected chi connectivity index (χ2v) is 8.05. The van der Waals surface area contributed by atoms with Crippen LogP contribution in [0.15, 0.2) is 0 Å². The van der Waals surface area contributed by atoms with Crippen molar-refractivity contribution >= 4 is 9.84 Å². The van der Waals surface area contributed by atoms with E-state index in [0.717, 1.165) is 25.8 Å². The Kier molecular flexibility index (Phi) is 4.14. The van der Waals surface area contributed by atoms with E-state index in [1.165, 1.54) is 25.7 Å². The van der Waals surface area contributed by atoms with Gasteiger partial charge in [-0.15, -0.1) is 0 Å². The molecule has 0 aliphatic carbocycles. The second kappa shape index (κ2) is 5.27. The molecule has 0 aromatic carbocycles. The molecule has 0 saturated carbocycles. The minimum atomic E-state index is -2.70. The molecule has 2 heterocycles. The molecule has 100 valence electrons. The van der Waals surface area contributed by atoms with E-state index in [1.54, 1.807) is 0 Å². The molecule has 2 saturated heterocycles. The molecule has 0 spiro atoms. The summed E-state index contributed by atoms with van der Waals surface area (Å²) in [6.45, 7) is 3.39. The average molecular weight is 259 g/mol. The van der Waals surface area contributed by atoms with Crippen molar-refractivity contribution in [3.05, 3.63) is 0 Å². The maximum Gasteiger partial charge on any atom is 0.150 e. The van der Waals surface area contributed by atoms with Gasteiger partial charge in [-0.2, -0.15) is 0 Å². The fraction of sp³-hybridized carbons (Fsp3) is 1.00. The van der Waals surface area contributed by atoms with Gasteiger partial charge < -0.3 is 5.32 Å². The Morgan fingerprint density at radius 2 is 2.18 bits per heavy atom. The van der Waals surface area contributed by atoms with Gasteiger partial charge in [0.25, 0.3) is 0 Å². The minimum absolute atomic E-state index is 0.310. The van der Waals surface area contributed by atoms with Gasteiger partial charge in [-0.1, -0.05) is 13.3 Å². The molecule has 0 bridgehead atoms. The molecule has 0 aromatic heterocycles. The monoisotopic (exact) mass is 259 g/mol. The zero-order chi connectivity index (χ0) is 12.4. The Balaban J connectivity index is 1.84. The summed E-state index contributed by atoms with van der Waals surface area (Å²) in [5.41, 5.74) is 0.310. The minimum Gasteiger partial charge on any atom is -0.311 e. The van der Waals surface area contributed by atoms with Crippen LogP contribution in [0.1, 0.15) is 51.9 Å². The molecular formula is C13H25NO2S. The van der Waals surface area contributed by atoms with Crippen molar-refractivity contribution in [1.82, 2.24) is 5.32 Å². The maximum atomic E-state index is 11.4. The molecule has 2 unspecified atom stereocenters. The van der Waals surface area contributed by atoms with E-state index in [1.807, 2.05) is 0 Å². The Hall–Kier alpha value is -0.0900. The van der Waals surface area contributed by atoms with Crippen LogP contribution in [-0.2, 0) is 9.84 Å². The fourth-order valence-corrected chi connectivity index (χ4v) is 5.21. The molecule has 2 rings (SSSR count). The molecule has 2 aliphatic heterocycles. The summed E-state index contributed by atoms with van der Waals surface area (Å²) in [4.78, 5) is 0. The van der Waals surface area contributed by atoms with E-state index in [4.69, 9.17) is 0 Å². The van der Waals surface area contributed by atoms with Crippen molar-refractivity contribution in [2.75, 3.05) is 18.1 Å². The summed E-state index contributed by atoms with van der Waals surface area (Å²) in [5.74, 6) is 1.28. The molecular weight excluding hydrogens is 234 g/mol.